The van der Waals surface area contributed by atoms with Crippen LogP contribution in [0.15, 0.2) is 6.07 Å². The lowest BCUT2D eigenvalue weighted by Gasteiger charge is -2.15. The van der Waals surface area contributed by atoms with Gasteiger partial charge in [0.2, 0.25) is 0 Å². The Morgan fingerprint density at radius 2 is 1.86 bits per heavy atom. The van der Waals surface area contributed by atoms with Crippen LogP contribution >= 0.6 is 12.2 Å². The third kappa shape index (κ3) is 2.06. The Kier molecular flexibility index (Phi) is 3.02. The molecule has 2 rings (SSSR count). The highest BCUT2D eigenvalue weighted by Gasteiger charge is 2.09. The quantitative estimate of drug-likeness (QED) is 0.641. The summed E-state index contributed by atoms with van der Waals surface area (Å²) in [5.74, 6) is 0. The number of hydrogen-bond acceptors (Lipinski definition) is 1. The van der Waals surface area contributed by atoms with Gasteiger partial charge in [0.05, 0.1) is 0 Å². The van der Waals surface area contributed by atoms with E-state index in [0.717, 1.165) is 4.64 Å². The van der Waals surface area contributed by atoms with Crippen molar-refractivity contribution >= 4 is 12.2 Å². The Hall–Kier alpha value is -0.630. The van der Waals surface area contributed by atoms with Gasteiger partial charge in [0, 0.05) is 5.69 Å². The number of aromatic nitrogens is 1. The van der Waals surface area contributed by atoms with Gasteiger partial charge < -0.3 is 4.98 Å². The number of aryl methyl sites for hydroxylation is 2. The third-order valence-corrected chi connectivity index (χ3v) is 3.30. The maximum atomic E-state index is 5.21. The summed E-state index contributed by atoms with van der Waals surface area (Å²) >= 11 is 5.21. The first-order valence-electron chi connectivity index (χ1n) is 5.49. The molecule has 1 heterocycles. The van der Waals surface area contributed by atoms with Gasteiger partial charge in [0.15, 0.2) is 0 Å². The van der Waals surface area contributed by atoms with E-state index in [4.69, 9.17) is 12.2 Å². The Balaban J connectivity index is 2.44. The second kappa shape index (κ2) is 4.26. The van der Waals surface area contributed by atoms with Crippen LogP contribution in [0.1, 0.15) is 42.5 Å². The van der Waals surface area contributed by atoms with Crippen LogP contribution in [0.25, 0.3) is 0 Å². The summed E-state index contributed by atoms with van der Waals surface area (Å²) in [5.41, 5.74) is 4.30. The van der Waals surface area contributed by atoms with Crippen molar-refractivity contribution in [3.63, 3.8) is 0 Å². The predicted octanol–water partition coefficient (Wildman–Crippen LogP) is 3.71. The lowest BCUT2D eigenvalue weighted by molar-refractivity contribution is 0.613. The lowest BCUT2D eigenvalue weighted by Crippen LogP contribution is -2.03. The van der Waals surface area contributed by atoms with E-state index >= 15 is 0 Å². The molecule has 0 atom stereocenters. The van der Waals surface area contributed by atoms with Gasteiger partial charge in [-0.05, 0) is 49.8 Å². The number of pyridine rings is 1. The summed E-state index contributed by atoms with van der Waals surface area (Å²) in [6, 6.07) is 2.16. The van der Waals surface area contributed by atoms with Gasteiger partial charge in [-0.15, -0.1) is 0 Å². The normalized spacial score (nSPS) is 16.9. The van der Waals surface area contributed by atoms with Crippen LogP contribution in [-0.4, -0.2) is 4.98 Å². The van der Waals surface area contributed by atoms with Crippen LogP contribution in [0.5, 0.6) is 0 Å². The van der Waals surface area contributed by atoms with E-state index in [-0.39, 0.29) is 0 Å². The van der Waals surface area contributed by atoms with Crippen LogP contribution in [0, 0.1) is 11.6 Å². The summed E-state index contributed by atoms with van der Waals surface area (Å²) in [7, 11) is 0. The Bertz CT molecular complexity index is 378. The summed E-state index contributed by atoms with van der Waals surface area (Å²) in [4.78, 5) is 3.26. The second-order valence-electron chi connectivity index (χ2n) is 4.18. The molecule has 0 saturated carbocycles. The average molecular weight is 207 g/mol. The summed E-state index contributed by atoms with van der Waals surface area (Å²) in [5, 5.41) is 0. The van der Waals surface area contributed by atoms with Gasteiger partial charge in [0.1, 0.15) is 4.64 Å². The highest BCUT2D eigenvalue weighted by atomic mass is 32.1. The Labute approximate surface area is 90.6 Å². The SMILES string of the molecule is Cc1[nH]c(=S)cc2c1CCCCCC2. The largest absolute Gasteiger partial charge is 0.350 e. The molecule has 1 aromatic heterocycles. The summed E-state index contributed by atoms with van der Waals surface area (Å²) in [6.07, 6.45) is 7.86. The zero-order chi connectivity index (χ0) is 9.97. The zero-order valence-electron chi connectivity index (χ0n) is 8.73. The number of hydrogen-bond donors (Lipinski definition) is 1. The van der Waals surface area contributed by atoms with Crippen molar-refractivity contribution in [2.24, 2.45) is 0 Å². The molecule has 0 unspecified atom stereocenters. The molecule has 76 valence electrons. The molecule has 1 nitrogen and oxygen atoms in total. The second-order valence-corrected chi connectivity index (χ2v) is 4.62. The third-order valence-electron chi connectivity index (χ3n) is 3.08. The molecule has 0 spiro atoms. The molecule has 2 heteroatoms. The van der Waals surface area contributed by atoms with Crippen LogP contribution in [0.3, 0.4) is 0 Å². The number of nitrogens with one attached hydrogen (secondary N) is 1. The number of H-pyrrole nitrogens is 1. The summed E-state index contributed by atoms with van der Waals surface area (Å²) < 4.78 is 0.891. The standard InChI is InChI=1S/C12H17NS/c1-9-11-7-5-3-2-4-6-10(11)8-12(14)13-9/h8H,2-7H2,1H3,(H,13,14). The number of rotatable bonds is 0. The molecule has 1 N–H and O–H groups in total. The van der Waals surface area contributed by atoms with Crippen molar-refractivity contribution < 1.29 is 0 Å². The molecule has 0 bridgehead atoms. The minimum Gasteiger partial charge on any atom is -0.350 e. The highest BCUT2D eigenvalue weighted by molar-refractivity contribution is 7.71. The molecule has 14 heavy (non-hydrogen) atoms. The van der Waals surface area contributed by atoms with Crippen molar-refractivity contribution in [3.8, 4) is 0 Å². The van der Waals surface area contributed by atoms with Gasteiger partial charge >= 0.3 is 0 Å². The molecule has 0 amide bonds. The van der Waals surface area contributed by atoms with E-state index in [1.165, 1.54) is 55.3 Å². The minimum atomic E-state index is 0.891. The van der Waals surface area contributed by atoms with Crippen molar-refractivity contribution in [2.45, 2.75) is 45.4 Å². The van der Waals surface area contributed by atoms with Crippen molar-refractivity contribution in [3.05, 3.63) is 27.5 Å². The molecule has 0 saturated heterocycles. The van der Waals surface area contributed by atoms with E-state index < -0.39 is 0 Å². The van der Waals surface area contributed by atoms with Gasteiger partial charge in [-0.25, -0.2) is 0 Å². The number of fused-ring (bicyclic) bond motifs is 1. The van der Waals surface area contributed by atoms with Crippen LogP contribution in [-0.2, 0) is 12.8 Å². The molecule has 1 aliphatic carbocycles. The van der Waals surface area contributed by atoms with E-state index in [1.807, 2.05) is 0 Å². The van der Waals surface area contributed by atoms with Crippen LogP contribution in [0.2, 0.25) is 0 Å². The van der Waals surface area contributed by atoms with Crippen molar-refractivity contribution in [1.29, 1.82) is 0 Å². The zero-order valence-corrected chi connectivity index (χ0v) is 9.54. The molecule has 0 aromatic carbocycles. The fourth-order valence-corrected chi connectivity index (χ4v) is 2.62. The molecular weight excluding hydrogens is 190 g/mol. The first-order chi connectivity index (χ1) is 6.77. The fraction of sp³-hybridized carbons (Fsp3) is 0.583. The first kappa shape index (κ1) is 9.91. The molecule has 0 radical (unpaired) electrons. The molecule has 1 aromatic rings. The van der Waals surface area contributed by atoms with E-state index in [9.17, 15) is 0 Å². The summed E-state index contributed by atoms with van der Waals surface area (Å²) in [6.45, 7) is 2.15. The average Bonchev–Trinajstić information content (AvgIpc) is 2.07. The topological polar surface area (TPSA) is 15.8 Å². The van der Waals surface area contributed by atoms with E-state index in [2.05, 4.69) is 18.0 Å². The molecular formula is C12H17NS. The lowest BCUT2D eigenvalue weighted by atomic mass is 9.93. The van der Waals surface area contributed by atoms with Crippen molar-refractivity contribution in [1.82, 2.24) is 4.98 Å². The maximum Gasteiger partial charge on any atom is 0.103 e. The van der Waals surface area contributed by atoms with Crippen molar-refractivity contribution in [2.75, 3.05) is 0 Å². The maximum absolute atomic E-state index is 5.21. The van der Waals surface area contributed by atoms with E-state index in [0.29, 0.717) is 0 Å². The smallest absolute Gasteiger partial charge is 0.103 e. The Morgan fingerprint density at radius 1 is 1.14 bits per heavy atom. The Morgan fingerprint density at radius 3 is 2.64 bits per heavy atom. The first-order valence-corrected chi connectivity index (χ1v) is 5.90. The van der Waals surface area contributed by atoms with Gasteiger partial charge in [-0.3, -0.25) is 0 Å². The van der Waals surface area contributed by atoms with Gasteiger partial charge in [-0.2, -0.15) is 0 Å². The highest BCUT2D eigenvalue weighted by Crippen LogP contribution is 2.21. The molecule has 0 fully saturated rings. The minimum absolute atomic E-state index is 0.891. The number of aromatic amines is 1. The van der Waals surface area contributed by atoms with Crippen LogP contribution in [0.4, 0.5) is 0 Å². The van der Waals surface area contributed by atoms with Crippen LogP contribution < -0.4 is 0 Å². The van der Waals surface area contributed by atoms with Gasteiger partial charge in [0.25, 0.3) is 0 Å². The van der Waals surface area contributed by atoms with E-state index in [1.54, 1.807) is 0 Å². The monoisotopic (exact) mass is 207 g/mol. The predicted molar refractivity (Wildman–Crippen MR) is 62.2 cm³/mol. The van der Waals surface area contributed by atoms with Gasteiger partial charge in [-0.1, -0.05) is 25.1 Å². The molecule has 0 aliphatic heterocycles. The fourth-order valence-electron chi connectivity index (χ4n) is 2.32. The molecule has 1 aliphatic rings.